The Hall–Kier alpha value is -5.84. The average molecular weight is 967 g/mol. The summed E-state index contributed by atoms with van der Waals surface area (Å²) in [5.74, 6) is 1.87. The van der Waals surface area contributed by atoms with Gasteiger partial charge in [-0.25, -0.2) is 4.98 Å². The van der Waals surface area contributed by atoms with Crippen molar-refractivity contribution >= 4 is 32.8 Å². The first-order valence-electron chi connectivity index (χ1n) is 20.3. The predicted molar refractivity (Wildman–Crippen MR) is 239 cm³/mol. The number of aromatic nitrogens is 5. The van der Waals surface area contributed by atoms with Crippen LogP contribution in [0.25, 0.3) is 61.2 Å². The molecule has 4 aromatic heterocycles. The van der Waals surface area contributed by atoms with Crippen LogP contribution in [0.3, 0.4) is 0 Å². The summed E-state index contributed by atoms with van der Waals surface area (Å²) in [7, 11) is 0. The Labute approximate surface area is 367 Å². The molecule has 0 saturated heterocycles. The number of ether oxygens (including phenoxy) is 1. The number of benzene rings is 5. The molecule has 7 heteroatoms. The van der Waals surface area contributed by atoms with Gasteiger partial charge in [0.2, 0.25) is 0 Å². The largest absolute Gasteiger partial charge is 0.508 e. The van der Waals surface area contributed by atoms with Crippen molar-refractivity contribution in [2.75, 3.05) is 0 Å². The fourth-order valence-electron chi connectivity index (χ4n) is 7.81. The van der Waals surface area contributed by atoms with Crippen molar-refractivity contribution in [1.29, 1.82) is 0 Å². The maximum absolute atomic E-state index is 6.58. The van der Waals surface area contributed by atoms with E-state index in [0.29, 0.717) is 17.2 Å². The normalized spacial score (nSPS) is 12.3. The molecular formula is C53H49N5OPt-2. The van der Waals surface area contributed by atoms with Gasteiger partial charge in [0.05, 0.1) is 16.7 Å². The zero-order chi connectivity index (χ0) is 41.3. The van der Waals surface area contributed by atoms with Crippen molar-refractivity contribution < 1.29 is 30.4 Å². The van der Waals surface area contributed by atoms with Crippen LogP contribution in [0.1, 0.15) is 79.0 Å². The first-order valence-corrected chi connectivity index (χ1v) is 20.3. The van der Waals surface area contributed by atoms with Crippen LogP contribution in [0.2, 0.25) is 0 Å². The van der Waals surface area contributed by atoms with Crippen molar-refractivity contribution in [3.8, 4) is 39.8 Å². The second kappa shape index (κ2) is 15.3. The van der Waals surface area contributed by atoms with E-state index in [1.54, 1.807) is 6.20 Å². The fourth-order valence-corrected chi connectivity index (χ4v) is 7.81. The smallest absolute Gasteiger partial charge is 0.268 e. The van der Waals surface area contributed by atoms with Gasteiger partial charge in [-0.3, -0.25) is 4.57 Å². The summed E-state index contributed by atoms with van der Waals surface area (Å²) >= 11 is 0. The van der Waals surface area contributed by atoms with Gasteiger partial charge in [0, 0.05) is 44.3 Å². The van der Waals surface area contributed by atoms with E-state index < -0.39 is 0 Å². The third-order valence-electron chi connectivity index (χ3n) is 11.2. The third kappa shape index (κ3) is 7.58. The summed E-state index contributed by atoms with van der Waals surface area (Å²) < 4.78 is 13.0. The Kier molecular flexibility index (Phi) is 10.4. The van der Waals surface area contributed by atoms with Gasteiger partial charge >= 0.3 is 0 Å². The number of imidazole rings is 1. The van der Waals surface area contributed by atoms with Crippen LogP contribution in [0.5, 0.6) is 11.5 Å². The van der Waals surface area contributed by atoms with Gasteiger partial charge in [0.15, 0.2) is 0 Å². The summed E-state index contributed by atoms with van der Waals surface area (Å²) in [4.78, 5) is 9.52. The quantitative estimate of drug-likeness (QED) is 0.123. The minimum Gasteiger partial charge on any atom is -0.508 e. The first-order chi connectivity index (χ1) is 28.1. The number of nitrogens with zero attached hydrogens (tertiary/aromatic N) is 5. The van der Waals surface area contributed by atoms with Gasteiger partial charge < -0.3 is 18.9 Å². The predicted octanol–water partition coefficient (Wildman–Crippen LogP) is 12.5. The Morgan fingerprint density at radius 1 is 0.600 bits per heavy atom. The molecule has 0 aliphatic carbocycles. The monoisotopic (exact) mass is 966 g/mol. The molecule has 0 N–H and O–H groups in total. The van der Waals surface area contributed by atoms with Gasteiger partial charge in [-0.05, 0) is 91.7 Å². The van der Waals surface area contributed by atoms with Gasteiger partial charge in [-0.1, -0.05) is 147 Å². The fraction of sp³-hybridized carbons (Fsp3) is 0.226. The Balaban J connectivity index is 0.00000499. The molecule has 0 bridgehead atoms. The maximum Gasteiger partial charge on any atom is 0.268 e. The molecule has 0 spiro atoms. The van der Waals surface area contributed by atoms with E-state index in [4.69, 9.17) is 9.72 Å². The Morgan fingerprint density at radius 3 is 2.00 bits per heavy atom. The van der Waals surface area contributed by atoms with Gasteiger partial charge in [0.1, 0.15) is 5.82 Å². The first kappa shape index (κ1) is 40.9. The van der Waals surface area contributed by atoms with Crippen LogP contribution in [0.4, 0.5) is 0 Å². The number of hydrogen-bond acceptors (Lipinski definition) is 3. The van der Waals surface area contributed by atoms with E-state index in [2.05, 4.69) is 204 Å². The Morgan fingerprint density at radius 2 is 1.28 bits per heavy atom. The molecule has 0 unspecified atom stereocenters. The number of para-hydroxylation sites is 2. The molecule has 0 fully saturated rings. The van der Waals surface area contributed by atoms with Crippen molar-refractivity contribution in [2.24, 2.45) is 0 Å². The van der Waals surface area contributed by atoms with E-state index in [9.17, 15) is 0 Å². The van der Waals surface area contributed by atoms with Crippen LogP contribution in [0.15, 0.2) is 134 Å². The summed E-state index contributed by atoms with van der Waals surface area (Å²) in [6.07, 6.45) is 9.15. The van der Waals surface area contributed by atoms with E-state index in [0.717, 1.165) is 55.5 Å². The molecule has 0 aliphatic heterocycles. The second-order valence-electron chi connectivity index (χ2n) is 18.6. The van der Waals surface area contributed by atoms with Gasteiger partial charge in [-0.15, -0.1) is 23.6 Å². The maximum atomic E-state index is 6.58. The summed E-state index contributed by atoms with van der Waals surface area (Å²) in [6, 6.07) is 47.8. The molecule has 9 aromatic rings. The van der Waals surface area contributed by atoms with Crippen LogP contribution in [0, 0.1) is 18.5 Å². The van der Waals surface area contributed by atoms with Gasteiger partial charge in [0.25, 0.3) is 6.33 Å². The summed E-state index contributed by atoms with van der Waals surface area (Å²) in [6.45, 7) is 20.3. The standard InChI is InChI=1S/C53H49N5O.Pt/c1-51(2,3)36-24-25-55-49(29-36)58-46-20-14-13-18-44(46)45-23-22-41(31-48(45)58)59-42-30-40(32-54-33-42)56-34-57(39-27-37(52(4,5)6)26-38(28-39)53(7,8)9)50-43(19-15-21-47(50)56)35-16-11-10-12-17-35;/h10-29,32-33H,1-9H3;/q-2;. The molecule has 9 rings (SSSR count). The van der Waals surface area contributed by atoms with E-state index in [1.165, 1.54) is 16.7 Å². The minimum atomic E-state index is -0.0536. The number of rotatable bonds is 6. The second-order valence-corrected chi connectivity index (χ2v) is 18.6. The zero-order valence-corrected chi connectivity index (χ0v) is 37.9. The van der Waals surface area contributed by atoms with E-state index in [-0.39, 0.29) is 37.3 Å². The SMILES string of the molecule is CC(C)(C)c1cc(-[n+]2[c-]n(-c3[c-]c(Oc4[c-]c5c(cc4)c4ccccc4n5-c4cc(C(C)(C)C)ccn4)cnc3)c3cccc(-c4ccccc4)c32)cc(C(C)(C)C)c1.[Pt]. The van der Waals surface area contributed by atoms with Crippen LogP contribution in [-0.4, -0.2) is 19.1 Å². The Bertz CT molecular complexity index is 3000. The molecular weight excluding hydrogens is 918 g/mol. The molecule has 0 saturated carbocycles. The van der Waals surface area contributed by atoms with Crippen molar-refractivity contribution in [3.63, 3.8) is 0 Å². The third-order valence-corrected chi connectivity index (χ3v) is 11.2. The van der Waals surface area contributed by atoms with Crippen molar-refractivity contribution in [3.05, 3.63) is 169 Å². The van der Waals surface area contributed by atoms with Gasteiger partial charge in [-0.2, -0.15) is 6.07 Å². The number of pyridine rings is 2. The van der Waals surface area contributed by atoms with Crippen LogP contribution >= 0.6 is 0 Å². The molecule has 4 heterocycles. The van der Waals surface area contributed by atoms with Crippen LogP contribution in [-0.2, 0) is 37.3 Å². The van der Waals surface area contributed by atoms with Crippen molar-refractivity contribution in [1.82, 2.24) is 19.1 Å². The molecule has 304 valence electrons. The zero-order valence-electron chi connectivity index (χ0n) is 35.7. The summed E-state index contributed by atoms with van der Waals surface area (Å²) in [5.41, 5.74) is 11.6. The summed E-state index contributed by atoms with van der Waals surface area (Å²) in [5, 5.41) is 2.20. The average Bonchev–Trinajstić information content (AvgIpc) is 3.77. The van der Waals surface area contributed by atoms with E-state index >= 15 is 0 Å². The molecule has 0 amide bonds. The van der Waals surface area contributed by atoms with Crippen molar-refractivity contribution in [2.45, 2.75) is 78.6 Å². The molecule has 5 aromatic carbocycles. The van der Waals surface area contributed by atoms with E-state index in [1.807, 2.05) is 23.0 Å². The number of hydrogen-bond donors (Lipinski definition) is 0. The molecule has 60 heavy (non-hydrogen) atoms. The number of fused-ring (bicyclic) bond motifs is 4. The molecule has 0 radical (unpaired) electrons. The van der Waals surface area contributed by atoms with Crippen LogP contribution < -0.4 is 9.30 Å². The topological polar surface area (TPSA) is 48.8 Å². The molecule has 0 atom stereocenters. The minimum absolute atomic E-state index is 0. The molecule has 0 aliphatic rings. The molecule has 6 nitrogen and oxygen atoms in total.